The number of aromatic nitrogens is 4. The first-order valence-corrected chi connectivity index (χ1v) is 12.5. The summed E-state index contributed by atoms with van der Waals surface area (Å²) < 4.78 is 4.33. The number of nitrogens with zero attached hydrogens (tertiary/aromatic N) is 4. The second-order valence-corrected chi connectivity index (χ2v) is 9.78. The topological polar surface area (TPSA) is 90.9 Å². The fraction of sp³-hybridized carbons (Fsp3) is 0.360. The summed E-state index contributed by atoms with van der Waals surface area (Å²) in [6, 6.07) is 14.4. The quantitative estimate of drug-likeness (QED) is 0.431. The Morgan fingerprint density at radius 3 is 2.59 bits per heavy atom. The van der Waals surface area contributed by atoms with E-state index in [2.05, 4.69) is 28.5 Å². The van der Waals surface area contributed by atoms with Crippen LogP contribution in [0, 0.1) is 0 Å². The molecule has 1 fully saturated rings. The second kappa shape index (κ2) is 9.13. The lowest BCUT2D eigenvalue weighted by Crippen LogP contribution is -2.37. The average molecular weight is 478 g/mol. The number of benzene rings is 2. The molecule has 1 aliphatic carbocycles. The van der Waals surface area contributed by atoms with E-state index in [-0.39, 0.29) is 17.7 Å². The predicted molar refractivity (Wildman–Crippen MR) is 134 cm³/mol. The van der Waals surface area contributed by atoms with Gasteiger partial charge >= 0.3 is 5.69 Å². The zero-order valence-electron chi connectivity index (χ0n) is 19.3. The summed E-state index contributed by atoms with van der Waals surface area (Å²) >= 11 is 1.29. The number of hydrogen-bond acceptors (Lipinski definition) is 5. The number of fused-ring (bicyclic) bond motifs is 2. The fourth-order valence-corrected chi connectivity index (χ4v) is 5.56. The Bertz CT molecular complexity index is 1510. The Morgan fingerprint density at radius 2 is 1.79 bits per heavy atom. The molecule has 9 heteroatoms. The molecule has 1 saturated carbocycles. The zero-order chi connectivity index (χ0) is 23.8. The Balaban J connectivity index is 1.57. The molecule has 34 heavy (non-hydrogen) atoms. The van der Waals surface area contributed by atoms with Crippen molar-refractivity contribution in [2.45, 2.75) is 43.4 Å². The van der Waals surface area contributed by atoms with Gasteiger partial charge in [-0.1, -0.05) is 67.1 Å². The van der Waals surface area contributed by atoms with Crippen molar-refractivity contribution in [2.24, 2.45) is 14.1 Å². The van der Waals surface area contributed by atoms with Crippen molar-refractivity contribution in [3.8, 4) is 0 Å². The third kappa shape index (κ3) is 4.04. The van der Waals surface area contributed by atoms with Gasteiger partial charge in [0.2, 0.25) is 5.91 Å². The lowest BCUT2D eigenvalue weighted by Gasteiger charge is -2.13. The van der Waals surface area contributed by atoms with Crippen molar-refractivity contribution < 1.29 is 4.79 Å². The van der Waals surface area contributed by atoms with Crippen LogP contribution in [0.5, 0.6) is 0 Å². The van der Waals surface area contributed by atoms with Crippen molar-refractivity contribution in [1.82, 2.24) is 24.0 Å². The van der Waals surface area contributed by atoms with E-state index in [1.807, 2.05) is 28.8 Å². The lowest BCUT2D eigenvalue weighted by molar-refractivity contribution is -0.119. The first-order valence-electron chi connectivity index (χ1n) is 11.5. The molecule has 0 spiro atoms. The van der Waals surface area contributed by atoms with Crippen LogP contribution in [0.15, 0.2) is 57.2 Å². The molecule has 176 valence electrons. The van der Waals surface area contributed by atoms with Gasteiger partial charge in [0.25, 0.3) is 5.56 Å². The van der Waals surface area contributed by atoms with Crippen molar-refractivity contribution in [3.63, 3.8) is 0 Å². The van der Waals surface area contributed by atoms with Crippen LogP contribution in [0.3, 0.4) is 0 Å². The van der Waals surface area contributed by atoms with Gasteiger partial charge in [0.1, 0.15) is 0 Å². The SMILES string of the molecule is Cn1c(=O)c2c(nc(SCC(=O)NC3CCCC3)n2Cc2cccc3ccccc23)n(C)c1=O. The van der Waals surface area contributed by atoms with Gasteiger partial charge in [-0.25, -0.2) is 9.78 Å². The molecule has 5 rings (SSSR count). The van der Waals surface area contributed by atoms with Gasteiger partial charge in [0.15, 0.2) is 16.3 Å². The summed E-state index contributed by atoms with van der Waals surface area (Å²) in [4.78, 5) is 42.9. The van der Waals surface area contributed by atoms with Crippen LogP contribution in [0.1, 0.15) is 31.2 Å². The lowest BCUT2D eigenvalue weighted by atomic mass is 10.0. The summed E-state index contributed by atoms with van der Waals surface area (Å²) in [5.41, 5.74) is 0.893. The number of amides is 1. The molecule has 0 atom stereocenters. The number of thioether (sulfide) groups is 1. The summed E-state index contributed by atoms with van der Waals surface area (Å²) in [6.07, 6.45) is 4.34. The third-order valence-corrected chi connectivity index (χ3v) is 7.55. The second-order valence-electron chi connectivity index (χ2n) is 8.83. The Morgan fingerprint density at radius 1 is 1.06 bits per heavy atom. The highest BCUT2D eigenvalue weighted by Crippen LogP contribution is 2.26. The Labute approximate surface area is 200 Å². The van der Waals surface area contributed by atoms with E-state index >= 15 is 0 Å². The molecule has 8 nitrogen and oxygen atoms in total. The molecular weight excluding hydrogens is 450 g/mol. The van der Waals surface area contributed by atoms with Crippen LogP contribution in [-0.4, -0.2) is 36.4 Å². The third-order valence-electron chi connectivity index (χ3n) is 6.57. The van der Waals surface area contributed by atoms with Crippen molar-refractivity contribution >= 4 is 39.6 Å². The minimum Gasteiger partial charge on any atom is -0.353 e. The van der Waals surface area contributed by atoms with Gasteiger partial charge in [-0.15, -0.1) is 0 Å². The van der Waals surface area contributed by atoms with Crippen LogP contribution in [0.2, 0.25) is 0 Å². The number of hydrogen-bond donors (Lipinski definition) is 1. The van der Waals surface area contributed by atoms with Crippen molar-refractivity contribution in [3.05, 3.63) is 68.9 Å². The number of carbonyl (C=O) groups excluding carboxylic acids is 1. The van der Waals surface area contributed by atoms with Gasteiger partial charge in [0, 0.05) is 20.1 Å². The fourth-order valence-electron chi connectivity index (χ4n) is 4.75. The molecule has 0 unspecified atom stereocenters. The van der Waals surface area contributed by atoms with E-state index in [0.717, 1.165) is 46.6 Å². The highest BCUT2D eigenvalue weighted by Gasteiger charge is 2.22. The molecule has 0 bridgehead atoms. The smallest absolute Gasteiger partial charge is 0.332 e. The number of rotatable bonds is 6. The highest BCUT2D eigenvalue weighted by atomic mass is 32.2. The summed E-state index contributed by atoms with van der Waals surface area (Å²) in [6.45, 7) is 0.401. The molecular formula is C25H27N5O3S. The van der Waals surface area contributed by atoms with E-state index in [0.29, 0.717) is 22.9 Å². The standard InChI is InChI=1S/C25H27N5O3S/c1-28-22-21(23(32)29(2)25(28)33)30(14-17-10-7-9-16-8-3-6-13-19(16)17)24(27-22)34-15-20(31)26-18-11-4-5-12-18/h3,6-10,13,18H,4-5,11-12,14-15H2,1-2H3,(H,26,31). The Hall–Kier alpha value is -3.33. The Kier molecular flexibility index (Phi) is 6.03. The molecule has 0 radical (unpaired) electrons. The average Bonchev–Trinajstić information content (AvgIpc) is 3.48. The number of nitrogens with one attached hydrogen (secondary N) is 1. The molecule has 1 N–H and O–H groups in total. The van der Waals surface area contributed by atoms with E-state index in [9.17, 15) is 14.4 Å². The molecule has 1 aliphatic rings. The monoisotopic (exact) mass is 477 g/mol. The molecule has 2 aromatic heterocycles. The van der Waals surface area contributed by atoms with E-state index < -0.39 is 11.2 Å². The first-order chi connectivity index (χ1) is 16.4. The van der Waals surface area contributed by atoms with Crippen LogP contribution in [-0.2, 0) is 25.4 Å². The molecule has 2 aromatic carbocycles. The van der Waals surface area contributed by atoms with Crippen molar-refractivity contribution in [2.75, 3.05) is 5.75 Å². The van der Waals surface area contributed by atoms with Gasteiger partial charge in [-0.3, -0.25) is 18.7 Å². The molecule has 0 saturated heterocycles. The largest absolute Gasteiger partial charge is 0.353 e. The minimum atomic E-state index is -0.428. The summed E-state index contributed by atoms with van der Waals surface area (Å²) in [5.74, 6) is 0.159. The van der Waals surface area contributed by atoms with Crippen LogP contribution in [0.4, 0.5) is 0 Å². The van der Waals surface area contributed by atoms with Gasteiger partial charge in [0.05, 0.1) is 12.3 Å². The summed E-state index contributed by atoms with van der Waals surface area (Å²) in [7, 11) is 3.09. The maximum atomic E-state index is 13.2. The maximum absolute atomic E-state index is 13.2. The van der Waals surface area contributed by atoms with Crippen LogP contribution < -0.4 is 16.6 Å². The molecule has 0 aliphatic heterocycles. The zero-order valence-corrected chi connectivity index (χ0v) is 20.1. The van der Waals surface area contributed by atoms with E-state index in [1.165, 1.54) is 23.4 Å². The van der Waals surface area contributed by atoms with Crippen LogP contribution >= 0.6 is 11.8 Å². The normalized spacial score (nSPS) is 14.3. The van der Waals surface area contributed by atoms with Gasteiger partial charge in [-0.2, -0.15) is 0 Å². The van der Waals surface area contributed by atoms with Gasteiger partial charge < -0.3 is 9.88 Å². The molecule has 2 heterocycles. The number of imidazole rings is 1. The first kappa shape index (κ1) is 22.5. The summed E-state index contributed by atoms with van der Waals surface area (Å²) in [5, 5.41) is 5.84. The van der Waals surface area contributed by atoms with E-state index in [4.69, 9.17) is 0 Å². The highest BCUT2D eigenvalue weighted by molar-refractivity contribution is 7.99. The van der Waals surface area contributed by atoms with Crippen LogP contribution in [0.25, 0.3) is 21.9 Å². The molecule has 4 aromatic rings. The maximum Gasteiger partial charge on any atom is 0.332 e. The predicted octanol–water partition coefficient (Wildman–Crippen LogP) is 2.79. The number of aryl methyl sites for hydroxylation is 1. The van der Waals surface area contributed by atoms with Crippen molar-refractivity contribution in [1.29, 1.82) is 0 Å². The van der Waals surface area contributed by atoms with Gasteiger partial charge in [-0.05, 0) is 29.2 Å². The number of carbonyl (C=O) groups is 1. The minimum absolute atomic E-state index is 0.0394. The van der Waals surface area contributed by atoms with E-state index in [1.54, 1.807) is 7.05 Å². The molecule has 1 amide bonds.